The molecule has 2 heterocycles. The summed E-state index contributed by atoms with van der Waals surface area (Å²) in [5.41, 5.74) is 3.86. The molecule has 1 aromatic heterocycles. The molecule has 1 atom stereocenters. The van der Waals surface area contributed by atoms with Gasteiger partial charge in [0, 0.05) is 17.7 Å². The number of carbonyl (C=O) groups is 1. The van der Waals surface area contributed by atoms with E-state index in [0.29, 0.717) is 0 Å². The Kier molecular flexibility index (Phi) is 4.02. The minimum atomic E-state index is 0.0938. The molecule has 3 aromatic rings. The first kappa shape index (κ1) is 15.3. The molecule has 1 fully saturated rings. The van der Waals surface area contributed by atoms with Crippen molar-refractivity contribution in [3.05, 3.63) is 65.4 Å². The van der Waals surface area contributed by atoms with Gasteiger partial charge in [-0.2, -0.15) is 0 Å². The molecule has 1 saturated heterocycles. The van der Waals surface area contributed by atoms with Crippen LogP contribution in [0.15, 0.2) is 53.1 Å². The van der Waals surface area contributed by atoms with Gasteiger partial charge < -0.3 is 9.42 Å². The Bertz CT molecular complexity index is 872. The number of thioether (sulfide) groups is 1. The predicted octanol–water partition coefficient (Wildman–Crippen LogP) is 3.95. The summed E-state index contributed by atoms with van der Waals surface area (Å²) in [6.45, 7) is 2.85. The number of rotatable bonds is 3. The van der Waals surface area contributed by atoms with E-state index in [4.69, 9.17) is 4.52 Å². The van der Waals surface area contributed by atoms with E-state index < -0.39 is 0 Å². The van der Waals surface area contributed by atoms with Crippen molar-refractivity contribution < 1.29 is 9.32 Å². The van der Waals surface area contributed by atoms with Gasteiger partial charge in [0.15, 0.2) is 5.58 Å². The lowest BCUT2D eigenvalue weighted by Gasteiger charge is -2.24. The lowest BCUT2D eigenvalue weighted by molar-refractivity contribution is -0.130. The van der Waals surface area contributed by atoms with Crippen molar-refractivity contribution >= 4 is 28.6 Å². The molecule has 1 amide bonds. The van der Waals surface area contributed by atoms with Crippen molar-refractivity contribution in [3.63, 3.8) is 0 Å². The molecule has 4 rings (SSSR count). The summed E-state index contributed by atoms with van der Waals surface area (Å²) in [5.74, 6) is 1.06. The van der Waals surface area contributed by atoms with Crippen LogP contribution in [0, 0.1) is 6.92 Å². The molecule has 0 aliphatic carbocycles. The maximum Gasteiger partial charge on any atom is 0.229 e. The van der Waals surface area contributed by atoms with E-state index in [1.54, 1.807) is 0 Å². The lowest BCUT2D eigenvalue weighted by atomic mass is 10.1. The Hall–Kier alpha value is -2.27. The molecule has 5 heteroatoms. The molecular weight excluding hydrogens is 320 g/mol. The third kappa shape index (κ3) is 2.80. The van der Waals surface area contributed by atoms with Crippen LogP contribution in [0.2, 0.25) is 0 Å². The van der Waals surface area contributed by atoms with Crippen LogP contribution in [-0.4, -0.2) is 28.3 Å². The third-order valence-electron chi connectivity index (χ3n) is 4.34. The third-order valence-corrected chi connectivity index (χ3v) is 5.61. The summed E-state index contributed by atoms with van der Waals surface area (Å²) in [4.78, 5) is 14.8. The van der Waals surface area contributed by atoms with Gasteiger partial charge in [-0.1, -0.05) is 47.1 Å². The highest BCUT2D eigenvalue weighted by Gasteiger charge is 2.31. The zero-order chi connectivity index (χ0) is 16.5. The fourth-order valence-electron chi connectivity index (χ4n) is 3.04. The molecule has 2 aromatic carbocycles. The second-order valence-corrected chi connectivity index (χ2v) is 7.21. The number of benzene rings is 2. The Morgan fingerprint density at radius 1 is 1.25 bits per heavy atom. The molecule has 0 bridgehead atoms. The molecule has 24 heavy (non-hydrogen) atoms. The van der Waals surface area contributed by atoms with Gasteiger partial charge in [-0.3, -0.25) is 4.79 Å². The Morgan fingerprint density at radius 2 is 2.04 bits per heavy atom. The van der Waals surface area contributed by atoms with E-state index in [2.05, 4.69) is 36.3 Å². The van der Waals surface area contributed by atoms with Crippen molar-refractivity contribution in [2.24, 2.45) is 0 Å². The summed E-state index contributed by atoms with van der Waals surface area (Å²) in [7, 11) is 0. The van der Waals surface area contributed by atoms with Crippen molar-refractivity contribution in [3.8, 4) is 0 Å². The minimum absolute atomic E-state index is 0.0938. The average Bonchev–Trinajstić information content (AvgIpc) is 3.23. The maximum absolute atomic E-state index is 12.8. The first-order valence-electron chi connectivity index (χ1n) is 8.03. The fourth-order valence-corrected chi connectivity index (χ4v) is 4.32. The first-order valence-corrected chi connectivity index (χ1v) is 9.08. The van der Waals surface area contributed by atoms with Crippen LogP contribution in [0.4, 0.5) is 0 Å². The lowest BCUT2D eigenvalue weighted by Crippen LogP contribution is -2.31. The summed E-state index contributed by atoms with van der Waals surface area (Å²) in [5, 5.41) is 5.10. The quantitative estimate of drug-likeness (QED) is 0.725. The molecule has 0 radical (unpaired) electrons. The van der Waals surface area contributed by atoms with Crippen LogP contribution in [-0.2, 0) is 11.2 Å². The van der Waals surface area contributed by atoms with Gasteiger partial charge in [-0.05, 0) is 24.6 Å². The largest absolute Gasteiger partial charge is 0.356 e. The highest BCUT2D eigenvalue weighted by molar-refractivity contribution is 7.99. The molecule has 0 spiro atoms. The first-order chi connectivity index (χ1) is 11.7. The van der Waals surface area contributed by atoms with E-state index in [9.17, 15) is 4.79 Å². The van der Waals surface area contributed by atoms with Gasteiger partial charge in [-0.25, -0.2) is 0 Å². The Morgan fingerprint density at radius 3 is 2.88 bits per heavy atom. The highest BCUT2D eigenvalue weighted by Crippen LogP contribution is 2.38. The van der Waals surface area contributed by atoms with Crippen molar-refractivity contribution in [1.29, 1.82) is 0 Å². The molecule has 0 N–H and O–H groups in total. The minimum Gasteiger partial charge on any atom is -0.356 e. The van der Waals surface area contributed by atoms with Crippen LogP contribution in [0.25, 0.3) is 11.0 Å². The normalized spacial score (nSPS) is 17.5. The van der Waals surface area contributed by atoms with Crippen LogP contribution >= 0.6 is 11.8 Å². The zero-order valence-electron chi connectivity index (χ0n) is 13.4. The number of amides is 1. The van der Waals surface area contributed by atoms with Crippen LogP contribution in [0.1, 0.15) is 22.2 Å². The summed E-state index contributed by atoms with van der Waals surface area (Å²) >= 11 is 1.82. The van der Waals surface area contributed by atoms with Gasteiger partial charge in [0.2, 0.25) is 5.91 Å². The van der Waals surface area contributed by atoms with Crippen molar-refractivity contribution in [1.82, 2.24) is 10.1 Å². The second kappa shape index (κ2) is 6.32. The number of aryl methyl sites for hydroxylation is 1. The number of nitrogens with zero attached hydrogens (tertiary/aromatic N) is 2. The monoisotopic (exact) mass is 338 g/mol. The zero-order valence-corrected chi connectivity index (χ0v) is 14.3. The fraction of sp³-hybridized carbons (Fsp3) is 0.263. The summed E-state index contributed by atoms with van der Waals surface area (Å²) in [6.07, 6.45) is 0.278. The highest BCUT2D eigenvalue weighted by atomic mass is 32.2. The molecule has 0 saturated carbocycles. The van der Waals surface area contributed by atoms with Crippen molar-refractivity contribution in [2.75, 3.05) is 12.3 Å². The van der Waals surface area contributed by atoms with E-state index in [1.807, 2.05) is 40.9 Å². The number of fused-ring (bicyclic) bond motifs is 1. The molecule has 122 valence electrons. The van der Waals surface area contributed by atoms with Crippen LogP contribution in [0.3, 0.4) is 0 Å². The smallest absolute Gasteiger partial charge is 0.229 e. The molecule has 4 nitrogen and oxygen atoms in total. The number of hydrogen-bond donors (Lipinski definition) is 0. The van der Waals surface area contributed by atoms with E-state index >= 15 is 0 Å². The van der Waals surface area contributed by atoms with E-state index in [-0.39, 0.29) is 17.7 Å². The number of para-hydroxylation sites is 1. The number of hydrogen-bond acceptors (Lipinski definition) is 4. The summed E-state index contributed by atoms with van der Waals surface area (Å²) < 4.78 is 5.31. The van der Waals surface area contributed by atoms with Gasteiger partial charge in [0.05, 0.1) is 6.42 Å². The van der Waals surface area contributed by atoms with Gasteiger partial charge in [-0.15, -0.1) is 11.8 Å². The molecule has 1 aliphatic rings. The van der Waals surface area contributed by atoms with Gasteiger partial charge in [0.1, 0.15) is 11.1 Å². The molecule has 1 unspecified atom stereocenters. The van der Waals surface area contributed by atoms with E-state index in [0.717, 1.165) is 29.0 Å². The van der Waals surface area contributed by atoms with Gasteiger partial charge >= 0.3 is 0 Å². The SMILES string of the molecule is Cc1ccc(C2SCCN2C(=O)Cc2noc3ccccc23)cc1. The van der Waals surface area contributed by atoms with Crippen LogP contribution < -0.4 is 0 Å². The standard InChI is InChI=1S/C19H18N2O2S/c1-13-6-8-14(9-7-13)19-21(10-11-24-19)18(22)12-16-15-4-2-3-5-17(15)23-20-16/h2-9,19H,10-12H2,1H3. The summed E-state index contributed by atoms with van der Waals surface area (Å²) in [6, 6.07) is 16.1. The second-order valence-electron chi connectivity index (χ2n) is 6.02. The van der Waals surface area contributed by atoms with Crippen LogP contribution in [0.5, 0.6) is 0 Å². The topological polar surface area (TPSA) is 46.3 Å². The predicted molar refractivity (Wildman–Crippen MR) is 95.8 cm³/mol. The Balaban J connectivity index is 1.56. The number of aromatic nitrogens is 1. The number of carbonyl (C=O) groups excluding carboxylic acids is 1. The molecule has 1 aliphatic heterocycles. The maximum atomic E-state index is 12.8. The van der Waals surface area contributed by atoms with E-state index in [1.165, 1.54) is 11.1 Å². The van der Waals surface area contributed by atoms with Gasteiger partial charge in [0.25, 0.3) is 0 Å². The molecular formula is C19H18N2O2S. The average molecular weight is 338 g/mol. The van der Waals surface area contributed by atoms with Crippen molar-refractivity contribution in [2.45, 2.75) is 18.7 Å². The Labute approximate surface area is 144 Å².